The standard InChI is InChI=1S/C13H17ClN2/c1-10-11(7-5-8-15-2)16-9-4-3-6-12(16)13(10)14/h3-4,6,9,15H,5,7-8H2,1-2H3. The second kappa shape index (κ2) is 4.89. The Morgan fingerprint density at radius 1 is 1.38 bits per heavy atom. The summed E-state index contributed by atoms with van der Waals surface area (Å²) in [6.07, 6.45) is 4.28. The van der Waals surface area contributed by atoms with Crippen LogP contribution in [0.3, 0.4) is 0 Å². The average Bonchev–Trinajstić information content (AvgIpc) is 2.55. The van der Waals surface area contributed by atoms with Gasteiger partial charge in [-0.3, -0.25) is 0 Å². The van der Waals surface area contributed by atoms with Crippen molar-refractivity contribution in [2.24, 2.45) is 0 Å². The molecule has 2 heterocycles. The van der Waals surface area contributed by atoms with Crippen molar-refractivity contribution in [1.29, 1.82) is 0 Å². The van der Waals surface area contributed by atoms with E-state index in [9.17, 15) is 0 Å². The minimum atomic E-state index is 0.889. The minimum Gasteiger partial charge on any atom is -0.320 e. The molecule has 0 aliphatic rings. The quantitative estimate of drug-likeness (QED) is 0.808. The Morgan fingerprint density at radius 2 is 2.19 bits per heavy atom. The van der Waals surface area contributed by atoms with Gasteiger partial charge < -0.3 is 9.72 Å². The van der Waals surface area contributed by atoms with Crippen LogP contribution in [0.1, 0.15) is 17.7 Å². The monoisotopic (exact) mass is 236 g/mol. The zero-order chi connectivity index (χ0) is 11.5. The Hall–Kier alpha value is -0.990. The van der Waals surface area contributed by atoms with Crippen molar-refractivity contribution in [2.75, 3.05) is 13.6 Å². The van der Waals surface area contributed by atoms with Crippen molar-refractivity contribution >= 4 is 17.1 Å². The summed E-state index contributed by atoms with van der Waals surface area (Å²) >= 11 is 6.32. The van der Waals surface area contributed by atoms with Gasteiger partial charge in [0.15, 0.2) is 0 Å². The molecule has 0 aromatic carbocycles. The Morgan fingerprint density at radius 3 is 2.94 bits per heavy atom. The molecule has 0 amide bonds. The summed E-state index contributed by atoms with van der Waals surface area (Å²) in [4.78, 5) is 0. The number of aryl methyl sites for hydroxylation is 1. The maximum Gasteiger partial charge on any atom is 0.0693 e. The molecule has 0 saturated carbocycles. The van der Waals surface area contributed by atoms with Crippen LogP contribution >= 0.6 is 11.6 Å². The molecule has 0 aliphatic heterocycles. The normalized spacial score (nSPS) is 11.2. The summed E-state index contributed by atoms with van der Waals surface area (Å²) in [5.74, 6) is 0. The summed E-state index contributed by atoms with van der Waals surface area (Å²) < 4.78 is 2.20. The first-order valence-corrected chi connectivity index (χ1v) is 6.02. The van der Waals surface area contributed by atoms with Gasteiger partial charge in [0, 0.05) is 11.9 Å². The molecule has 16 heavy (non-hydrogen) atoms. The molecule has 0 aliphatic carbocycles. The van der Waals surface area contributed by atoms with E-state index < -0.39 is 0 Å². The van der Waals surface area contributed by atoms with Crippen LogP contribution in [0.15, 0.2) is 24.4 Å². The number of rotatable bonds is 4. The van der Waals surface area contributed by atoms with Gasteiger partial charge in [-0.1, -0.05) is 17.7 Å². The SMILES string of the molecule is CNCCCc1c(C)c(Cl)c2ccccn12. The Balaban J connectivity index is 2.39. The highest BCUT2D eigenvalue weighted by Gasteiger charge is 2.11. The van der Waals surface area contributed by atoms with Crippen LogP contribution in [0, 0.1) is 6.92 Å². The van der Waals surface area contributed by atoms with Crippen LogP contribution in [0.25, 0.3) is 5.52 Å². The number of pyridine rings is 1. The molecule has 1 N–H and O–H groups in total. The van der Waals surface area contributed by atoms with E-state index in [1.165, 1.54) is 11.3 Å². The van der Waals surface area contributed by atoms with Crippen LogP contribution in [0.4, 0.5) is 0 Å². The number of halogens is 1. The second-order valence-electron chi connectivity index (χ2n) is 4.05. The van der Waals surface area contributed by atoms with Crippen molar-refractivity contribution in [1.82, 2.24) is 9.72 Å². The molecule has 0 bridgehead atoms. The Kier molecular flexibility index (Phi) is 3.52. The van der Waals surface area contributed by atoms with Crippen LogP contribution in [0.2, 0.25) is 5.02 Å². The summed E-state index contributed by atoms with van der Waals surface area (Å²) in [5, 5.41) is 4.06. The van der Waals surface area contributed by atoms with Crippen LogP contribution < -0.4 is 5.32 Å². The smallest absolute Gasteiger partial charge is 0.0693 e. The molecule has 2 rings (SSSR count). The topological polar surface area (TPSA) is 16.4 Å². The summed E-state index contributed by atoms with van der Waals surface area (Å²) in [6.45, 7) is 3.14. The summed E-state index contributed by atoms with van der Waals surface area (Å²) in [6, 6.07) is 6.14. The molecule has 0 saturated heterocycles. The van der Waals surface area contributed by atoms with Gasteiger partial charge in [-0.05, 0) is 51.1 Å². The predicted molar refractivity (Wildman–Crippen MR) is 69.4 cm³/mol. The van der Waals surface area contributed by atoms with Crippen molar-refractivity contribution in [3.05, 3.63) is 40.7 Å². The zero-order valence-corrected chi connectivity index (χ0v) is 10.5. The highest BCUT2D eigenvalue weighted by Crippen LogP contribution is 2.28. The highest BCUT2D eigenvalue weighted by molar-refractivity contribution is 6.34. The fourth-order valence-corrected chi connectivity index (χ4v) is 2.36. The van der Waals surface area contributed by atoms with Gasteiger partial charge in [-0.2, -0.15) is 0 Å². The van der Waals surface area contributed by atoms with Gasteiger partial charge in [0.2, 0.25) is 0 Å². The molecular formula is C13H17ClN2. The molecule has 0 unspecified atom stereocenters. The molecule has 0 atom stereocenters. The maximum atomic E-state index is 6.32. The van der Waals surface area contributed by atoms with Crippen LogP contribution in [-0.4, -0.2) is 18.0 Å². The number of nitrogens with one attached hydrogen (secondary N) is 1. The number of hydrogen-bond acceptors (Lipinski definition) is 1. The lowest BCUT2D eigenvalue weighted by Crippen LogP contribution is -2.09. The van der Waals surface area contributed by atoms with Crippen molar-refractivity contribution < 1.29 is 0 Å². The molecule has 0 fully saturated rings. The van der Waals surface area contributed by atoms with E-state index in [-0.39, 0.29) is 0 Å². The molecule has 2 nitrogen and oxygen atoms in total. The average molecular weight is 237 g/mol. The van der Waals surface area contributed by atoms with Crippen molar-refractivity contribution in [3.63, 3.8) is 0 Å². The molecule has 3 heteroatoms. The predicted octanol–water partition coefficient (Wildman–Crippen LogP) is 3.05. The molecule has 0 spiro atoms. The van der Waals surface area contributed by atoms with Gasteiger partial charge in [-0.25, -0.2) is 0 Å². The van der Waals surface area contributed by atoms with E-state index in [0.29, 0.717) is 0 Å². The van der Waals surface area contributed by atoms with Gasteiger partial charge in [0.05, 0.1) is 10.5 Å². The third kappa shape index (κ3) is 1.95. The van der Waals surface area contributed by atoms with E-state index in [0.717, 1.165) is 29.9 Å². The summed E-state index contributed by atoms with van der Waals surface area (Å²) in [5.41, 5.74) is 3.65. The van der Waals surface area contributed by atoms with Crippen LogP contribution in [0.5, 0.6) is 0 Å². The minimum absolute atomic E-state index is 0.889. The first-order chi connectivity index (χ1) is 7.75. The zero-order valence-electron chi connectivity index (χ0n) is 9.76. The van der Waals surface area contributed by atoms with Gasteiger partial charge >= 0.3 is 0 Å². The lowest BCUT2D eigenvalue weighted by atomic mass is 10.1. The molecule has 2 aromatic heterocycles. The number of hydrogen-bond donors (Lipinski definition) is 1. The fourth-order valence-electron chi connectivity index (χ4n) is 2.10. The summed E-state index contributed by atoms with van der Waals surface area (Å²) in [7, 11) is 1.98. The first-order valence-electron chi connectivity index (χ1n) is 5.64. The number of aromatic nitrogens is 1. The lowest BCUT2D eigenvalue weighted by Gasteiger charge is -2.03. The lowest BCUT2D eigenvalue weighted by molar-refractivity contribution is 0.710. The van der Waals surface area contributed by atoms with E-state index in [2.05, 4.69) is 28.9 Å². The van der Waals surface area contributed by atoms with Crippen molar-refractivity contribution in [3.8, 4) is 0 Å². The highest BCUT2D eigenvalue weighted by atomic mass is 35.5. The molecule has 0 radical (unpaired) electrons. The van der Waals surface area contributed by atoms with Crippen molar-refractivity contribution in [2.45, 2.75) is 19.8 Å². The van der Waals surface area contributed by atoms with E-state index in [4.69, 9.17) is 11.6 Å². The van der Waals surface area contributed by atoms with Crippen LogP contribution in [-0.2, 0) is 6.42 Å². The first kappa shape index (κ1) is 11.5. The molecule has 86 valence electrons. The fraction of sp³-hybridized carbons (Fsp3) is 0.385. The number of nitrogens with zero attached hydrogens (tertiary/aromatic N) is 1. The third-order valence-corrected chi connectivity index (χ3v) is 3.46. The van der Waals surface area contributed by atoms with Gasteiger partial charge in [0.25, 0.3) is 0 Å². The Bertz CT molecular complexity index is 488. The maximum absolute atomic E-state index is 6.32. The van der Waals surface area contributed by atoms with E-state index in [1.807, 2.05) is 19.2 Å². The second-order valence-corrected chi connectivity index (χ2v) is 4.43. The van der Waals surface area contributed by atoms with Gasteiger partial charge in [-0.15, -0.1) is 0 Å². The Labute approximate surface area is 101 Å². The molecule has 2 aromatic rings. The van der Waals surface area contributed by atoms with E-state index in [1.54, 1.807) is 0 Å². The molecular weight excluding hydrogens is 220 g/mol. The van der Waals surface area contributed by atoms with Gasteiger partial charge in [0.1, 0.15) is 0 Å². The largest absolute Gasteiger partial charge is 0.320 e. The third-order valence-electron chi connectivity index (χ3n) is 2.98. The number of fused-ring (bicyclic) bond motifs is 1. The van der Waals surface area contributed by atoms with E-state index >= 15 is 0 Å².